The number of nitrogens with zero attached hydrogens (tertiary/aromatic N) is 1. The minimum absolute atomic E-state index is 0.0618. The third-order valence-corrected chi connectivity index (χ3v) is 5.40. The zero-order valence-corrected chi connectivity index (χ0v) is 17.8. The molecule has 6 heteroatoms. The highest BCUT2D eigenvalue weighted by Crippen LogP contribution is 2.43. The van der Waals surface area contributed by atoms with Gasteiger partial charge in [-0.05, 0) is 31.2 Å². The summed E-state index contributed by atoms with van der Waals surface area (Å²) < 4.78 is 11.0. The van der Waals surface area contributed by atoms with Crippen molar-refractivity contribution < 1.29 is 19.7 Å². The fourth-order valence-electron chi connectivity index (χ4n) is 3.45. The molecule has 0 aromatic heterocycles. The molecule has 0 amide bonds. The van der Waals surface area contributed by atoms with Gasteiger partial charge in [0.25, 0.3) is 0 Å². The van der Waals surface area contributed by atoms with Crippen LogP contribution in [0.15, 0.2) is 71.7 Å². The first-order chi connectivity index (χ1) is 14.4. The van der Waals surface area contributed by atoms with Crippen molar-refractivity contribution in [3.63, 3.8) is 0 Å². The molecule has 3 rings (SSSR count). The second-order valence-electron chi connectivity index (χ2n) is 6.80. The predicted molar refractivity (Wildman–Crippen MR) is 119 cm³/mol. The molecule has 0 heterocycles. The van der Waals surface area contributed by atoms with Crippen molar-refractivity contribution in [1.29, 1.82) is 0 Å². The molecule has 30 heavy (non-hydrogen) atoms. The number of ether oxygens (including phenoxy) is 2. The Bertz CT molecular complexity index is 1000. The first-order valence-corrected chi connectivity index (χ1v) is 9.81. The molecule has 0 aliphatic rings. The maximum atomic E-state index is 12.1. The van der Waals surface area contributed by atoms with Crippen molar-refractivity contribution in [2.75, 3.05) is 14.2 Å². The van der Waals surface area contributed by atoms with E-state index in [0.717, 1.165) is 0 Å². The first kappa shape index (κ1) is 21.7. The zero-order chi connectivity index (χ0) is 21.7. The molecule has 0 aliphatic heterocycles. The summed E-state index contributed by atoms with van der Waals surface area (Å²) in [6.45, 7) is 1.79. The minimum atomic E-state index is -1.57. The van der Waals surface area contributed by atoms with Gasteiger partial charge in [-0.3, -0.25) is 4.99 Å². The summed E-state index contributed by atoms with van der Waals surface area (Å²) in [6.07, 6.45) is 1.50. The molecule has 0 fully saturated rings. The van der Waals surface area contributed by atoms with Crippen molar-refractivity contribution in [3.8, 4) is 17.2 Å². The van der Waals surface area contributed by atoms with E-state index in [9.17, 15) is 10.2 Å². The maximum absolute atomic E-state index is 12.1. The normalized spacial score (nSPS) is 12.7. The Morgan fingerprint density at radius 3 is 1.97 bits per heavy atom. The average Bonchev–Trinajstić information content (AvgIpc) is 2.79. The van der Waals surface area contributed by atoms with Crippen molar-refractivity contribution in [3.05, 3.63) is 88.4 Å². The van der Waals surface area contributed by atoms with Gasteiger partial charge in [0.2, 0.25) is 0 Å². The van der Waals surface area contributed by atoms with Crippen molar-refractivity contribution >= 4 is 17.8 Å². The number of aliphatic hydroxyl groups is 1. The Hall–Kier alpha value is -3.02. The van der Waals surface area contributed by atoms with E-state index >= 15 is 0 Å². The van der Waals surface area contributed by atoms with Crippen LogP contribution in [-0.2, 0) is 5.60 Å². The first-order valence-electron chi connectivity index (χ1n) is 9.43. The van der Waals surface area contributed by atoms with Gasteiger partial charge < -0.3 is 19.7 Å². The number of aromatic hydroxyl groups is 1. The van der Waals surface area contributed by atoms with Crippen LogP contribution in [0.5, 0.6) is 17.2 Å². The van der Waals surface area contributed by atoms with Gasteiger partial charge in [-0.1, -0.05) is 54.1 Å². The van der Waals surface area contributed by atoms with Crippen LogP contribution in [-0.4, -0.2) is 36.7 Å². The second-order valence-corrected chi connectivity index (χ2v) is 7.21. The van der Waals surface area contributed by atoms with Gasteiger partial charge in [0, 0.05) is 22.9 Å². The van der Waals surface area contributed by atoms with Crippen molar-refractivity contribution in [2.45, 2.75) is 18.6 Å². The lowest BCUT2D eigenvalue weighted by Crippen LogP contribution is -2.38. The lowest BCUT2D eigenvalue weighted by Gasteiger charge is -2.35. The minimum Gasteiger partial charge on any atom is -0.506 e. The standard InChI is InChI=1S/C24H24ClNO4/c1-16(26-15-17-9-8-12-20(25)23(17)27)24(28,18-10-4-6-13-21(18)29-2)19-11-5-7-14-22(19)30-3/h4-16,27-28H,1-3H3/t16-/m1/s1. The molecule has 0 aliphatic carbocycles. The van der Waals surface area contributed by atoms with E-state index in [1.807, 2.05) is 24.3 Å². The predicted octanol–water partition coefficient (Wildman–Crippen LogP) is 4.81. The summed E-state index contributed by atoms with van der Waals surface area (Å²) in [7, 11) is 3.11. The molecule has 156 valence electrons. The number of hydrogen-bond donors (Lipinski definition) is 2. The van der Waals surface area contributed by atoms with E-state index in [-0.39, 0.29) is 10.8 Å². The average molecular weight is 426 g/mol. The summed E-state index contributed by atoms with van der Waals surface area (Å²) in [5.74, 6) is 0.991. The fourth-order valence-corrected chi connectivity index (χ4v) is 3.63. The largest absolute Gasteiger partial charge is 0.506 e. The van der Waals surface area contributed by atoms with Crippen molar-refractivity contribution in [2.24, 2.45) is 4.99 Å². The van der Waals surface area contributed by atoms with Gasteiger partial charge in [0.1, 0.15) is 22.8 Å². The van der Waals surface area contributed by atoms with Crippen LogP contribution >= 0.6 is 11.6 Å². The molecule has 3 aromatic rings. The summed E-state index contributed by atoms with van der Waals surface area (Å²) in [5, 5.41) is 22.5. The van der Waals surface area contributed by atoms with Gasteiger partial charge in [-0.25, -0.2) is 0 Å². The number of aliphatic imine (C=N–C) groups is 1. The SMILES string of the molecule is COc1ccccc1C(O)(c1ccccc1OC)[C@@H](C)N=Cc1cccc(Cl)c1O. The summed E-state index contributed by atoms with van der Waals surface area (Å²) >= 11 is 6.00. The van der Waals surface area contributed by atoms with Crippen LogP contribution in [0.3, 0.4) is 0 Å². The van der Waals surface area contributed by atoms with Gasteiger partial charge in [-0.15, -0.1) is 0 Å². The van der Waals surface area contributed by atoms with Gasteiger partial charge in [0.05, 0.1) is 25.3 Å². The van der Waals surface area contributed by atoms with Crippen molar-refractivity contribution in [1.82, 2.24) is 0 Å². The van der Waals surface area contributed by atoms with E-state index in [1.54, 1.807) is 63.6 Å². The van der Waals surface area contributed by atoms with Crippen LogP contribution in [0, 0.1) is 0 Å². The molecule has 2 N–H and O–H groups in total. The second kappa shape index (κ2) is 9.20. The highest BCUT2D eigenvalue weighted by Gasteiger charge is 2.42. The fraction of sp³-hybridized carbons (Fsp3) is 0.208. The number of para-hydroxylation sites is 3. The molecule has 0 unspecified atom stereocenters. The Balaban J connectivity index is 2.16. The quantitative estimate of drug-likeness (QED) is 0.533. The Morgan fingerprint density at radius 2 is 1.43 bits per heavy atom. The molecule has 0 saturated carbocycles. The number of phenols is 1. The lowest BCUT2D eigenvalue weighted by atomic mass is 9.80. The topological polar surface area (TPSA) is 71.3 Å². The van der Waals surface area contributed by atoms with Gasteiger partial charge in [-0.2, -0.15) is 0 Å². The smallest absolute Gasteiger partial charge is 0.144 e. The number of rotatable bonds is 7. The highest BCUT2D eigenvalue weighted by molar-refractivity contribution is 6.32. The maximum Gasteiger partial charge on any atom is 0.144 e. The van der Waals surface area contributed by atoms with E-state index < -0.39 is 11.6 Å². The molecule has 0 saturated heterocycles. The summed E-state index contributed by atoms with van der Waals surface area (Å²) in [5.41, 5.74) is -0.00475. The van der Waals surface area contributed by atoms with Crippen LogP contribution in [0.2, 0.25) is 5.02 Å². The van der Waals surface area contributed by atoms with E-state index in [1.165, 1.54) is 6.21 Å². The van der Waals surface area contributed by atoms with Crippen LogP contribution in [0.4, 0.5) is 0 Å². The molecule has 0 spiro atoms. The lowest BCUT2D eigenvalue weighted by molar-refractivity contribution is 0.0538. The monoisotopic (exact) mass is 425 g/mol. The Labute approximate surface area is 181 Å². The zero-order valence-electron chi connectivity index (χ0n) is 17.0. The van der Waals surface area contributed by atoms with E-state index in [2.05, 4.69) is 4.99 Å². The Morgan fingerprint density at radius 1 is 0.900 bits per heavy atom. The highest BCUT2D eigenvalue weighted by atomic mass is 35.5. The van der Waals surface area contributed by atoms with Crippen LogP contribution < -0.4 is 9.47 Å². The van der Waals surface area contributed by atoms with Crippen LogP contribution in [0.25, 0.3) is 0 Å². The molecular weight excluding hydrogens is 402 g/mol. The number of phenolic OH excluding ortho intramolecular Hbond substituents is 1. The number of methoxy groups -OCH3 is 2. The molecule has 0 radical (unpaired) electrons. The van der Waals surface area contributed by atoms with E-state index in [0.29, 0.717) is 28.2 Å². The third-order valence-electron chi connectivity index (χ3n) is 5.10. The molecule has 0 bridgehead atoms. The molecular formula is C24H24ClNO4. The van der Waals surface area contributed by atoms with Gasteiger partial charge in [0.15, 0.2) is 0 Å². The molecule has 3 aromatic carbocycles. The van der Waals surface area contributed by atoms with Crippen LogP contribution in [0.1, 0.15) is 23.6 Å². The number of halogens is 1. The third kappa shape index (κ3) is 3.99. The van der Waals surface area contributed by atoms with Gasteiger partial charge >= 0.3 is 0 Å². The molecule has 5 nitrogen and oxygen atoms in total. The molecule has 1 atom stereocenters. The number of benzene rings is 3. The summed E-state index contributed by atoms with van der Waals surface area (Å²) in [6, 6.07) is 18.9. The number of hydrogen-bond acceptors (Lipinski definition) is 5. The summed E-state index contributed by atoms with van der Waals surface area (Å²) in [4.78, 5) is 4.57. The Kier molecular flexibility index (Phi) is 6.65. The van der Waals surface area contributed by atoms with E-state index in [4.69, 9.17) is 21.1 Å².